The number of nitrogens with zero attached hydrogens (tertiary/aromatic N) is 5. The molecular weight excluding hydrogens is 487 g/mol. The minimum absolute atomic E-state index is 0.0195. The van der Waals surface area contributed by atoms with E-state index in [1.807, 2.05) is 26.0 Å². The molecule has 1 aliphatic carbocycles. The van der Waals surface area contributed by atoms with Gasteiger partial charge in [-0.05, 0) is 70.0 Å². The molecule has 4 aromatic rings. The molecule has 3 aromatic heterocycles. The number of rotatable bonds is 10. The Hall–Kier alpha value is -4.54. The topological polar surface area (TPSA) is 119 Å². The van der Waals surface area contributed by atoms with E-state index in [-0.39, 0.29) is 17.5 Å². The van der Waals surface area contributed by atoms with Crippen molar-refractivity contribution >= 4 is 17.3 Å². The molecule has 10 nitrogen and oxygen atoms in total. The van der Waals surface area contributed by atoms with Crippen molar-refractivity contribution < 1.29 is 13.9 Å². The second kappa shape index (κ2) is 10.4. The number of hydrogen-bond donors (Lipinski definition) is 3. The molecule has 0 spiro atoms. The van der Waals surface area contributed by atoms with Crippen LogP contribution in [0.15, 0.2) is 67.3 Å². The van der Waals surface area contributed by atoms with Crippen LogP contribution in [0.5, 0.6) is 5.75 Å². The summed E-state index contributed by atoms with van der Waals surface area (Å²) in [6.07, 6.45) is 4.86. The number of nitrogens with one attached hydrogen (secondary N) is 3. The predicted octanol–water partition coefficient (Wildman–Crippen LogP) is 4.69. The molecule has 11 heteroatoms. The lowest BCUT2D eigenvalue weighted by Gasteiger charge is -2.35. The van der Waals surface area contributed by atoms with Gasteiger partial charge in [-0.1, -0.05) is 6.07 Å². The maximum absolute atomic E-state index is 14.8. The van der Waals surface area contributed by atoms with Crippen LogP contribution in [0, 0.1) is 13.8 Å². The molecule has 196 valence electrons. The fourth-order valence-corrected chi connectivity index (χ4v) is 4.10. The van der Waals surface area contributed by atoms with Gasteiger partial charge in [0, 0.05) is 41.2 Å². The largest absolute Gasteiger partial charge is 0.453 e. The van der Waals surface area contributed by atoms with Crippen molar-refractivity contribution in [3.8, 4) is 5.75 Å². The molecule has 1 fully saturated rings. The average Bonchev–Trinajstić information content (AvgIpc) is 3.59. The number of hydrogen-bond acceptors (Lipinski definition) is 8. The maximum Gasteiger partial charge on any atom is 0.299 e. The summed E-state index contributed by atoms with van der Waals surface area (Å²) in [4.78, 5) is 25.6. The monoisotopic (exact) mass is 516 g/mol. The number of carbonyl (C=O) groups is 1. The van der Waals surface area contributed by atoms with E-state index >= 15 is 0 Å². The van der Waals surface area contributed by atoms with E-state index in [1.54, 1.807) is 54.2 Å². The van der Waals surface area contributed by atoms with Crippen molar-refractivity contribution in [2.75, 3.05) is 10.6 Å². The number of ether oxygens (including phenoxy) is 1. The van der Waals surface area contributed by atoms with Crippen LogP contribution in [0.1, 0.15) is 59.7 Å². The van der Waals surface area contributed by atoms with Gasteiger partial charge in [-0.2, -0.15) is 4.39 Å². The number of aryl methyl sites for hydroxylation is 2. The molecule has 1 amide bonds. The van der Waals surface area contributed by atoms with Gasteiger partial charge in [0.2, 0.25) is 5.82 Å². The fourth-order valence-electron chi connectivity index (χ4n) is 4.10. The summed E-state index contributed by atoms with van der Waals surface area (Å²) in [7, 11) is 0. The highest BCUT2D eigenvalue weighted by atomic mass is 19.1. The van der Waals surface area contributed by atoms with Crippen molar-refractivity contribution in [2.45, 2.75) is 51.8 Å². The Labute approximate surface area is 219 Å². The number of anilines is 2. The van der Waals surface area contributed by atoms with Gasteiger partial charge in [0.1, 0.15) is 12.1 Å². The van der Waals surface area contributed by atoms with E-state index in [2.05, 4.69) is 36.0 Å². The van der Waals surface area contributed by atoms with Gasteiger partial charge in [0.05, 0.1) is 11.6 Å². The second-order valence-electron chi connectivity index (χ2n) is 9.49. The molecule has 38 heavy (non-hydrogen) atoms. The Morgan fingerprint density at radius 1 is 1.11 bits per heavy atom. The van der Waals surface area contributed by atoms with Crippen LogP contribution in [-0.2, 0) is 0 Å². The van der Waals surface area contributed by atoms with Crippen molar-refractivity contribution in [1.82, 2.24) is 30.0 Å². The first-order valence-corrected chi connectivity index (χ1v) is 12.3. The zero-order valence-electron chi connectivity index (χ0n) is 21.4. The highest BCUT2D eigenvalue weighted by molar-refractivity contribution is 5.94. The molecule has 3 heterocycles. The van der Waals surface area contributed by atoms with E-state index in [0.29, 0.717) is 17.3 Å². The maximum atomic E-state index is 14.8. The van der Waals surface area contributed by atoms with Crippen LogP contribution in [0.2, 0.25) is 0 Å². The Bertz CT molecular complexity index is 1410. The van der Waals surface area contributed by atoms with Gasteiger partial charge in [0.15, 0.2) is 5.79 Å². The van der Waals surface area contributed by atoms with E-state index < -0.39 is 12.1 Å². The molecule has 0 radical (unpaired) electrons. The lowest BCUT2D eigenvalue weighted by molar-refractivity contribution is 0.0585. The van der Waals surface area contributed by atoms with E-state index in [4.69, 9.17) is 4.74 Å². The third-order valence-electron chi connectivity index (χ3n) is 5.88. The highest BCUT2D eigenvalue weighted by Crippen LogP contribution is 2.34. The van der Waals surface area contributed by atoms with Gasteiger partial charge in [-0.3, -0.25) is 14.8 Å². The molecule has 0 aliphatic heterocycles. The Morgan fingerprint density at radius 3 is 2.58 bits per heavy atom. The first-order chi connectivity index (χ1) is 18.3. The molecule has 0 bridgehead atoms. The molecule has 3 N–H and O–H groups in total. The number of benzene rings is 1. The molecular formula is C27H29FN8O2. The summed E-state index contributed by atoms with van der Waals surface area (Å²) >= 11 is 0. The average molecular weight is 517 g/mol. The third-order valence-corrected chi connectivity index (χ3v) is 5.88. The molecule has 0 saturated heterocycles. The van der Waals surface area contributed by atoms with Gasteiger partial charge < -0.3 is 20.7 Å². The number of halogens is 1. The van der Waals surface area contributed by atoms with Crippen molar-refractivity contribution in [2.24, 2.45) is 0 Å². The molecule has 1 saturated carbocycles. The van der Waals surface area contributed by atoms with E-state index in [1.165, 1.54) is 12.5 Å². The smallest absolute Gasteiger partial charge is 0.299 e. The summed E-state index contributed by atoms with van der Waals surface area (Å²) in [5, 5.41) is 13.8. The van der Waals surface area contributed by atoms with Crippen molar-refractivity contribution in [3.63, 3.8) is 0 Å². The minimum Gasteiger partial charge on any atom is -0.453 e. The standard InChI is InChI=1S/C27H29FN8O2/c1-17-12-21(13-18(2)31-17)33-27(3,34-26(37)19-6-5-11-29-15-19)32-20-7-4-8-23(14-20)38-24(28)25-30-16-36(35-25)22-9-10-22/h4-8,11-16,22,24,32H,9-10H2,1-3H3,(H,31,33)(H,34,37). The SMILES string of the molecule is Cc1cc(NC(C)(NC(=O)c2cccnc2)Nc2cccc(OC(F)c3ncn(C4CC4)n3)c2)cc(C)n1. The quantitative estimate of drug-likeness (QED) is 0.260. The lowest BCUT2D eigenvalue weighted by Crippen LogP contribution is -2.57. The summed E-state index contributed by atoms with van der Waals surface area (Å²) < 4.78 is 22.0. The van der Waals surface area contributed by atoms with Crippen LogP contribution in [0.3, 0.4) is 0 Å². The van der Waals surface area contributed by atoms with Gasteiger partial charge >= 0.3 is 0 Å². The Kier molecular flexibility index (Phi) is 6.91. The van der Waals surface area contributed by atoms with Gasteiger partial charge in [-0.15, -0.1) is 5.10 Å². The Morgan fingerprint density at radius 2 is 1.87 bits per heavy atom. The van der Waals surface area contributed by atoms with Crippen LogP contribution < -0.4 is 20.7 Å². The van der Waals surface area contributed by atoms with Crippen molar-refractivity contribution in [3.05, 3.63) is 90.0 Å². The zero-order valence-corrected chi connectivity index (χ0v) is 21.4. The molecule has 1 aromatic carbocycles. The Balaban J connectivity index is 1.36. The van der Waals surface area contributed by atoms with E-state index in [9.17, 15) is 9.18 Å². The van der Waals surface area contributed by atoms with Gasteiger partial charge in [-0.25, -0.2) is 9.67 Å². The number of carbonyl (C=O) groups excluding carboxylic acids is 1. The number of amides is 1. The molecule has 5 rings (SSSR count). The summed E-state index contributed by atoms with van der Waals surface area (Å²) in [6.45, 7) is 5.58. The number of alkyl halides is 1. The number of aromatic nitrogens is 5. The number of pyridine rings is 2. The first-order valence-electron chi connectivity index (χ1n) is 12.3. The van der Waals surface area contributed by atoms with Gasteiger partial charge in [0.25, 0.3) is 12.3 Å². The summed E-state index contributed by atoms with van der Waals surface area (Å²) in [5.41, 5.74) is 3.39. The van der Waals surface area contributed by atoms with Crippen molar-refractivity contribution in [1.29, 1.82) is 0 Å². The summed E-state index contributed by atoms with van der Waals surface area (Å²) in [5.74, 6) is -1.24. The van der Waals surface area contributed by atoms with E-state index in [0.717, 1.165) is 29.9 Å². The highest BCUT2D eigenvalue weighted by Gasteiger charge is 2.29. The lowest BCUT2D eigenvalue weighted by atomic mass is 10.2. The van der Waals surface area contributed by atoms with Crippen LogP contribution in [-0.4, -0.2) is 36.4 Å². The van der Waals surface area contributed by atoms with Crippen LogP contribution in [0.4, 0.5) is 15.8 Å². The van der Waals surface area contributed by atoms with Crippen LogP contribution in [0.25, 0.3) is 0 Å². The fraction of sp³-hybridized carbons (Fsp3) is 0.296. The zero-order chi connectivity index (χ0) is 26.7. The summed E-state index contributed by atoms with van der Waals surface area (Å²) in [6, 6.07) is 14.2. The molecule has 2 atom stereocenters. The first kappa shape index (κ1) is 25.1. The van der Waals surface area contributed by atoms with Crippen LogP contribution >= 0.6 is 0 Å². The normalized spacial score (nSPS) is 15.3. The second-order valence-corrected chi connectivity index (χ2v) is 9.49. The predicted molar refractivity (Wildman–Crippen MR) is 140 cm³/mol. The minimum atomic E-state index is -1.82. The third kappa shape index (κ3) is 6.23. The molecule has 1 aliphatic rings. The molecule has 2 unspecified atom stereocenters.